The monoisotopic (exact) mass is 318 g/mol. The number of hydrogen-bond acceptors (Lipinski definition) is 4. The lowest BCUT2D eigenvalue weighted by molar-refractivity contribution is -0.152. The van der Waals surface area contributed by atoms with Gasteiger partial charge in [-0.25, -0.2) is 0 Å². The summed E-state index contributed by atoms with van der Waals surface area (Å²) in [5, 5.41) is 0. The first-order valence-electron chi connectivity index (χ1n) is 5.90. The van der Waals surface area contributed by atoms with E-state index in [9.17, 15) is 0 Å². The fourth-order valence-corrected chi connectivity index (χ4v) is 1.94. The first-order valence-corrected chi connectivity index (χ1v) is 6.70. The van der Waals surface area contributed by atoms with Gasteiger partial charge in [-0.3, -0.25) is 0 Å². The number of benzene rings is 1. The van der Waals surface area contributed by atoms with Gasteiger partial charge in [0.1, 0.15) is 18.1 Å². The van der Waals surface area contributed by atoms with Gasteiger partial charge < -0.3 is 18.9 Å². The molecule has 102 valence electrons. The third-order valence-electron chi connectivity index (χ3n) is 2.21. The third-order valence-corrected chi connectivity index (χ3v) is 2.83. The van der Waals surface area contributed by atoms with Gasteiger partial charge in [-0.15, -0.1) is 0 Å². The van der Waals surface area contributed by atoms with E-state index in [1.54, 1.807) is 7.11 Å². The van der Waals surface area contributed by atoms with Crippen molar-refractivity contribution in [1.29, 1.82) is 0 Å². The normalized spacial score (nSPS) is 10.7. The standard InChI is InChI=1S/C13H19BrO4/c1-4-16-13(17-5-2)9-18-10-6-7-12(15-3)11(14)8-10/h6-8,13H,4-5,9H2,1-3H3. The zero-order valence-corrected chi connectivity index (χ0v) is 12.5. The molecule has 0 amide bonds. The SMILES string of the molecule is CCOC(COc1ccc(OC)c(Br)c1)OCC. The Hall–Kier alpha value is -0.780. The average molecular weight is 319 g/mol. The molecule has 0 aliphatic heterocycles. The summed E-state index contributed by atoms with van der Waals surface area (Å²) >= 11 is 3.41. The van der Waals surface area contributed by atoms with Gasteiger partial charge in [-0.1, -0.05) is 0 Å². The zero-order valence-electron chi connectivity index (χ0n) is 10.9. The first-order chi connectivity index (χ1) is 8.71. The molecule has 1 rings (SSSR count). The van der Waals surface area contributed by atoms with Crippen LogP contribution in [0.4, 0.5) is 0 Å². The second kappa shape index (κ2) is 8.34. The van der Waals surface area contributed by atoms with Crippen LogP contribution < -0.4 is 9.47 Å². The Morgan fingerprint density at radius 3 is 2.33 bits per heavy atom. The van der Waals surface area contributed by atoms with Crippen molar-refractivity contribution >= 4 is 15.9 Å². The van der Waals surface area contributed by atoms with Gasteiger partial charge in [-0.2, -0.15) is 0 Å². The fourth-order valence-electron chi connectivity index (χ4n) is 1.42. The second-order valence-corrected chi connectivity index (χ2v) is 4.30. The maximum absolute atomic E-state index is 5.62. The average Bonchev–Trinajstić information content (AvgIpc) is 2.36. The summed E-state index contributed by atoms with van der Waals surface area (Å²) in [5.74, 6) is 1.51. The second-order valence-electron chi connectivity index (χ2n) is 3.45. The highest BCUT2D eigenvalue weighted by Gasteiger charge is 2.09. The van der Waals surface area contributed by atoms with Crippen molar-refractivity contribution in [2.24, 2.45) is 0 Å². The van der Waals surface area contributed by atoms with E-state index in [0.717, 1.165) is 16.0 Å². The molecule has 5 heteroatoms. The van der Waals surface area contributed by atoms with Crippen LogP contribution in [0, 0.1) is 0 Å². The van der Waals surface area contributed by atoms with Crippen molar-refractivity contribution in [3.63, 3.8) is 0 Å². The van der Waals surface area contributed by atoms with E-state index >= 15 is 0 Å². The van der Waals surface area contributed by atoms with Crippen LogP contribution in [0.25, 0.3) is 0 Å². The summed E-state index contributed by atoms with van der Waals surface area (Å²) in [7, 11) is 1.63. The van der Waals surface area contributed by atoms with E-state index in [2.05, 4.69) is 15.9 Å². The Morgan fingerprint density at radius 1 is 1.17 bits per heavy atom. The molecule has 0 bridgehead atoms. The molecular formula is C13H19BrO4. The van der Waals surface area contributed by atoms with E-state index in [-0.39, 0.29) is 6.29 Å². The molecule has 0 aromatic heterocycles. The highest BCUT2D eigenvalue weighted by Crippen LogP contribution is 2.28. The topological polar surface area (TPSA) is 36.9 Å². The number of methoxy groups -OCH3 is 1. The van der Waals surface area contributed by atoms with Gasteiger partial charge in [0.25, 0.3) is 0 Å². The van der Waals surface area contributed by atoms with Crippen molar-refractivity contribution in [2.75, 3.05) is 26.9 Å². The minimum Gasteiger partial charge on any atom is -0.496 e. The summed E-state index contributed by atoms with van der Waals surface area (Å²) < 4.78 is 22.4. The van der Waals surface area contributed by atoms with Crippen LogP contribution in [0.2, 0.25) is 0 Å². The Balaban J connectivity index is 2.53. The molecule has 0 aliphatic rings. The van der Waals surface area contributed by atoms with Crippen molar-refractivity contribution in [3.05, 3.63) is 22.7 Å². The zero-order chi connectivity index (χ0) is 13.4. The molecule has 0 spiro atoms. The van der Waals surface area contributed by atoms with Crippen LogP contribution in [-0.2, 0) is 9.47 Å². The van der Waals surface area contributed by atoms with Crippen LogP contribution in [0.3, 0.4) is 0 Å². The Kier molecular flexibility index (Phi) is 7.08. The van der Waals surface area contributed by atoms with Crippen molar-refractivity contribution < 1.29 is 18.9 Å². The van der Waals surface area contributed by atoms with Crippen LogP contribution in [0.15, 0.2) is 22.7 Å². The summed E-state index contributed by atoms with van der Waals surface area (Å²) in [4.78, 5) is 0. The maximum atomic E-state index is 5.62. The summed E-state index contributed by atoms with van der Waals surface area (Å²) in [5.41, 5.74) is 0. The molecule has 1 aromatic carbocycles. The predicted octanol–water partition coefficient (Wildman–Crippen LogP) is 3.24. The summed E-state index contributed by atoms with van der Waals surface area (Å²) in [6, 6.07) is 5.54. The lowest BCUT2D eigenvalue weighted by atomic mass is 10.3. The van der Waals surface area contributed by atoms with Crippen molar-refractivity contribution in [1.82, 2.24) is 0 Å². The minimum atomic E-state index is -0.333. The highest BCUT2D eigenvalue weighted by atomic mass is 79.9. The van der Waals surface area contributed by atoms with E-state index in [4.69, 9.17) is 18.9 Å². The molecule has 0 atom stereocenters. The predicted molar refractivity (Wildman–Crippen MR) is 73.2 cm³/mol. The summed E-state index contributed by atoms with van der Waals surface area (Å²) in [6.45, 7) is 5.41. The van der Waals surface area contributed by atoms with Crippen molar-refractivity contribution in [2.45, 2.75) is 20.1 Å². The van der Waals surface area contributed by atoms with E-state index in [1.807, 2.05) is 32.0 Å². The molecule has 1 aromatic rings. The molecular weight excluding hydrogens is 300 g/mol. The molecule has 0 fully saturated rings. The van der Waals surface area contributed by atoms with Gasteiger partial charge in [0.15, 0.2) is 6.29 Å². The third kappa shape index (κ3) is 4.84. The maximum Gasteiger partial charge on any atom is 0.191 e. The van der Waals surface area contributed by atoms with Gasteiger partial charge in [0.2, 0.25) is 0 Å². The lowest BCUT2D eigenvalue weighted by Gasteiger charge is -2.17. The van der Waals surface area contributed by atoms with Crippen LogP contribution in [0.5, 0.6) is 11.5 Å². The molecule has 0 N–H and O–H groups in total. The Morgan fingerprint density at radius 2 is 1.83 bits per heavy atom. The van der Waals surface area contributed by atoms with Crippen molar-refractivity contribution in [3.8, 4) is 11.5 Å². The molecule has 0 radical (unpaired) electrons. The molecule has 0 unspecified atom stereocenters. The quantitative estimate of drug-likeness (QED) is 0.689. The molecule has 4 nitrogen and oxygen atoms in total. The molecule has 0 saturated heterocycles. The van der Waals surface area contributed by atoms with Crippen LogP contribution in [-0.4, -0.2) is 33.2 Å². The summed E-state index contributed by atoms with van der Waals surface area (Å²) in [6.07, 6.45) is -0.333. The number of ether oxygens (including phenoxy) is 4. The molecule has 0 heterocycles. The molecule has 0 aliphatic carbocycles. The van der Waals surface area contributed by atoms with E-state index in [1.165, 1.54) is 0 Å². The van der Waals surface area contributed by atoms with Gasteiger partial charge in [0, 0.05) is 13.2 Å². The van der Waals surface area contributed by atoms with E-state index in [0.29, 0.717) is 19.8 Å². The lowest BCUT2D eigenvalue weighted by Crippen LogP contribution is -2.25. The Labute approximate surface area is 116 Å². The number of halogens is 1. The number of rotatable bonds is 8. The first kappa shape index (κ1) is 15.3. The van der Waals surface area contributed by atoms with E-state index < -0.39 is 0 Å². The molecule has 18 heavy (non-hydrogen) atoms. The minimum absolute atomic E-state index is 0.333. The van der Waals surface area contributed by atoms with Gasteiger partial charge >= 0.3 is 0 Å². The van der Waals surface area contributed by atoms with Crippen LogP contribution >= 0.6 is 15.9 Å². The van der Waals surface area contributed by atoms with Crippen LogP contribution in [0.1, 0.15) is 13.8 Å². The van der Waals surface area contributed by atoms with Gasteiger partial charge in [-0.05, 0) is 48.0 Å². The molecule has 0 saturated carbocycles. The smallest absolute Gasteiger partial charge is 0.191 e. The number of hydrogen-bond donors (Lipinski definition) is 0. The Bertz CT molecular complexity index is 351. The fraction of sp³-hybridized carbons (Fsp3) is 0.538. The van der Waals surface area contributed by atoms with Gasteiger partial charge in [0.05, 0.1) is 11.6 Å². The highest BCUT2D eigenvalue weighted by molar-refractivity contribution is 9.10. The largest absolute Gasteiger partial charge is 0.496 e.